The van der Waals surface area contributed by atoms with Crippen LogP contribution in [0.4, 0.5) is 0 Å². The first-order valence-corrected chi connectivity index (χ1v) is 6.31. The topological polar surface area (TPSA) is 57.2 Å². The van der Waals surface area contributed by atoms with Gasteiger partial charge in [0.05, 0.1) is 6.61 Å². The fourth-order valence-electron chi connectivity index (χ4n) is 2.26. The molecule has 0 bridgehead atoms. The maximum absolute atomic E-state index is 9.26. The normalized spacial score (nSPS) is 39.5. The zero-order chi connectivity index (χ0) is 12.5. The van der Waals surface area contributed by atoms with E-state index in [4.69, 9.17) is 18.9 Å². The molecule has 0 radical (unpaired) electrons. The third-order valence-electron chi connectivity index (χ3n) is 3.08. The molecule has 0 aromatic carbocycles. The number of ether oxygens (including phenoxy) is 4. The van der Waals surface area contributed by atoms with Crippen LogP contribution in [-0.2, 0) is 18.9 Å². The van der Waals surface area contributed by atoms with Crippen LogP contribution in [0, 0.1) is 0 Å². The molecule has 2 fully saturated rings. The van der Waals surface area contributed by atoms with Crippen molar-refractivity contribution >= 4 is 0 Å². The molecule has 0 aliphatic carbocycles. The third kappa shape index (κ3) is 2.80. The molecule has 0 unspecified atom stereocenters. The minimum absolute atomic E-state index is 0.0725. The Morgan fingerprint density at radius 1 is 1.29 bits per heavy atom. The van der Waals surface area contributed by atoms with Crippen LogP contribution in [0.1, 0.15) is 33.6 Å². The average molecular weight is 246 g/mol. The molecule has 2 rings (SSSR count). The summed E-state index contributed by atoms with van der Waals surface area (Å²) < 4.78 is 22.7. The second-order valence-corrected chi connectivity index (χ2v) is 5.01. The van der Waals surface area contributed by atoms with E-state index >= 15 is 0 Å². The van der Waals surface area contributed by atoms with E-state index in [1.54, 1.807) is 0 Å². The van der Waals surface area contributed by atoms with Gasteiger partial charge in [0.2, 0.25) is 0 Å². The fraction of sp³-hybridized carbons (Fsp3) is 1.00. The smallest absolute Gasteiger partial charge is 0.190 e. The maximum Gasteiger partial charge on any atom is 0.190 e. The van der Waals surface area contributed by atoms with Crippen molar-refractivity contribution < 1.29 is 24.1 Å². The molecule has 0 amide bonds. The molecule has 0 aromatic heterocycles. The lowest BCUT2D eigenvalue weighted by Gasteiger charge is -2.24. The van der Waals surface area contributed by atoms with Crippen molar-refractivity contribution in [3.8, 4) is 0 Å². The summed E-state index contributed by atoms with van der Waals surface area (Å²) in [5.74, 6) is -0.637. The van der Waals surface area contributed by atoms with Crippen LogP contribution in [0.25, 0.3) is 0 Å². The van der Waals surface area contributed by atoms with Gasteiger partial charge in [-0.05, 0) is 20.3 Å². The first-order valence-electron chi connectivity index (χ1n) is 6.31. The standard InChI is InChI=1S/C12H22O5/c1-4-5-6-14-9-8(7-13)15-11-10(9)16-12(2,3)17-11/h8-11,13H,4-7H2,1-3H3/t8-,9+,10-,11-/m1/s1. The molecule has 5 nitrogen and oxygen atoms in total. The summed E-state index contributed by atoms with van der Waals surface area (Å²) >= 11 is 0. The first kappa shape index (κ1) is 13.2. The molecule has 2 saturated heterocycles. The van der Waals surface area contributed by atoms with E-state index in [2.05, 4.69) is 6.92 Å². The van der Waals surface area contributed by atoms with Crippen LogP contribution in [0.3, 0.4) is 0 Å². The summed E-state index contributed by atoms with van der Waals surface area (Å²) in [5, 5.41) is 9.26. The van der Waals surface area contributed by atoms with Crippen molar-refractivity contribution in [2.24, 2.45) is 0 Å². The molecule has 5 heteroatoms. The molecule has 0 aromatic rings. The Morgan fingerprint density at radius 3 is 2.71 bits per heavy atom. The molecule has 4 atom stereocenters. The molecule has 1 N–H and O–H groups in total. The van der Waals surface area contributed by atoms with E-state index in [0.29, 0.717) is 6.61 Å². The van der Waals surface area contributed by atoms with Gasteiger partial charge in [0, 0.05) is 6.61 Å². The number of aliphatic hydroxyl groups is 1. The summed E-state index contributed by atoms with van der Waals surface area (Å²) in [6, 6.07) is 0. The number of aliphatic hydroxyl groups excluding tert-OH is 1. The molecule has 0 spiro atoms. The Morgan fingerprint density at radius 2 is 2.06 bits per heavy atom. The number of hydrogen-bond donors (Lipinski definition) is 1. The van der Waals surface area contributed by atoms with Crippen LogP contribution in [0.15, 0.2) is 0 Å². The zero-order valence-electron chi connectivity index (χ0n) is 10.7. The lowest BCUT2D eigenvalue weighted by Crippen LogP contribution is -2.38. The number of fused-ring (bicyclic) bond motifs is 1. The van der Waals surface area contributed by atoms with Gasteiger partial charge in [-0.25, -0.2) is 0 Å². The van der Waals surface area contributed by atoms with Crippen molar-refractivity contribution in [1.29, 1.82) is 0 Å². The number of hydrogen-bond acceptors (Lipinski definition) is 5. The zero-order valence-corrected chi connectivity index (χ0v) is 10.7. The third-order valence-corrected chi connectivity index (χ3v) is 3.08. The molecular formula is C12H22O5. The van der Waals surface area contributed by atoms with Crippen molar-refractivity contribution in [3.63, 3.8) is 0 Å². The summed E-state index contributed by atoms with van der Waals surface area (Å²) in [6.45, 7) is 6.40. The summed E-state index contributed by atoms with van der Waals surface area (Å²) in [5.41, 5.74) is 0. The first-order chi connectivity index (χ1) is 8.07. The second-order valence-electron chi connectivity index (χ2n) is 5.01. The lowest BCUT2D eigenvalue weighted by atomic mass is 10.1. The SMILES string of the molecule is CCCCO[C@@H]1[C@H]2OC(C)(C)O[C@H]2O[C@@H]1CO. The van der Waals surface area contributed by atoms with Gasteiger partial charge in [0.15, 0.2) is 12.1 Å². The van der Waals surface area contributed by atoms with Crippen molar-refractivity contribution in [2.45, 2.75) is 64.0 Å². The number of rotatable bonds is 5. The van der Waals surface area contributed by atoms with Crippen molar-refractivity contribution in [3.05, 3.63) is 0 Å². The van der Waals surface area contributed by atoms with Gasteiger partial charge in [0.1, 0.15) is 18.3 Å². The molecule has 2 heterocycles. The fourth-order valence-corrected chi connectivity index (χ4v) is 2.26. The van der Waals surface area contributed by atoms with Crippen molar-refractivity contribution in [1.82, 2.24) is 0 Å². The summed E-state index contributed by atoms with van der Waals surface area (Å²) in [4.78, 5) is 0. The highest BCUT2D eigenvalue weighted by Gasteiger charge is 2.55. The maximum atomic E-state index is 9.26. The molecule has 2 aliphatic rings. The molecule has 0 saturated carbocycles. The molecule has 2 aliphatic heterocycles. The van der Waals surface area contributed by atoms with Crippen LogP contribution >= 0.6 is 0 Å². The van der Waals surface area contributed by atoms with E-state index in [1.807, 2.05) is 13.8 Å². The Labute approximate surface area is 102 Å². The predicted molar refractivity (Wildman–Crippen MR) is 60.4 cm³/mol. The van der Waals surface area contributed by atoms with E-state index in [-0.39, 0.29) is 24.9 Å². The van der Waals surface area contributed by atoms with E-state index in [9.17, 15) is 5.11 Å². The van der Waals surface area contributed by atoms with Gasteiger partial charge < -0.3 is 24.1 Å². The Balaban J connectivity index is 1.95. The van der Waals surface area contributed by atoms with Gasteiger partial charge in [-0.2, -0.15) is 0 Å². The number of unbranched alkanes of at least 4 members (excludes halogenated alkanes) is 1. The van der Waals surface area contributed by atoms with Crippen LogP contribution < -0.4 is 0 Å². The molecule has 17 heavy (non-hydrogen) atoms. The highest BCUT2D eigenvalue weighted by molar-refractivity contribution is 4.93. The van der Waals surface area contributed by atoms with E-state index in [1.165, 1.54) is 0 Å². The molecule has 100 valence electrons. The van der Waals surface area contributed by atoms with Crippen molar-refractivity contribution in [2.75, 3.05) is 13.2 Å². The summed E-state index contributed by atoms with van der Waals surface area (Å²) in [7, 11) is 0. The average Bonchev–Trinajstić information content (AvgIpc) is 2.72. The highest BCUT2D eigenvalue weighted by atomic mass is 16.8. The summed E-state index contributed by atoms with van der Waals surface area (Å²) in [6.07, 6.45) is 0.828. The Kier molecular flexibility index (Phi) is 4.05. The van der Waals surface area contributed by atoms with Gasteiger partial charge in [0.25, 0.3) is 0 Å². The van der Waals surface area contributed by atoms with Crippen LogP contribution in [-0.4, -0.2) is 48.7 Å². The lowest BCUT2D eigenvalue weighted by molar-refractivity contribution is -0.222. The minimum Gasteiger partial charge on any atom is -0.394 e. The van der Waals surface area contributed by atoms with Crippen LogP contribution in [0.5, 0.6) is 0 Å². The van der Waals surface area contributed by atoms with Gasteiger partial charge >= 0.3 is 0 Å². The second kappa shape index (κ2) is 5.20. The minimum atomic E-state index is -0.637. The van der Waals surface area contributed by atoms with Gasteiger partial charge in [-0.3, -0.25) is 0 Å². The van der Waals surface area contributed by atoms with Gasteiger partial charge in [-0.1, -0.05) is 13.3 Å². The van der Waals surface area contributed by atoms with Crippen LogP contribution in [0.2, 0.25) is 0 Å². The largest absolute Gasteiger partial charge is 0.394 e. The highest BCUT2D eigenvalue weighted by Crippen LogP contribution is 2.38. The Bertz CT molecular complexity index is 255. The van der Waals surface area contributed by atoms with E-state index in [0.717, 1.165) is 12.8 Å². The monoisotopic (exact) mass is 246 g/mol. The predicted octanol–water partition coefficient (Wildman–Crippen LogP) is 1.04. The Hall–Kier alpha value is -0.200. The quantitative estimate of drug-likeness (QED) is 0.735. The van der Waals surface area contributed by atoms with Gasteiger partial charge in [-0.15, -0.1) is 0 Å². The van der Waals surface area contributed by atoms with E-state index < -0.39 is 12.1 Å². The molecular weight excluding hydrogens is 224 g/mol.